The maximum Gasteiger partial charge on any atom is 0.119 e. The standard InChI is InChI=1S/C15H19ClN2O/c16-9-4-6-14-12-17-18(13-14)10-5-11-19-15-7-2-1-3-8-15/h1-3,7-8,12-13H,4-6,9-11H2. The van der Waals surface area contributed by atoms with E-state index in [9.17, 15) is 0 Å². The normalized spacial score (nSPS) is 10.6. The Morgan fingerprint density at radius 3 is 2.79 bits per heavy atom. The number of nitrogens with zero attached hydrogens (tertiary/aromatic N) is 2. The summed E-state index contributed by atoms with van der Waals surface area (Å²) in [4.78, 5) is 0. The first kappa shape index (κ1) is 13.9. The first-order chi connectivity index (χ1) is 9.38. The molecule has 3 nitrogen and oxygen atoms in total. The Morgan fingerprint density at radius 2 is 2.00 bits per heavy atom. The molecule has 4 heteroatoms. The van der Waals surface area contributed by atoms with Crippen LogP contribution in [0.4, 0.5) is 0 Å². The zero-order valence-corrected chi connectivity index (χ0v) is 11.7. The van der Waals surface area contributed by atoms with Crippen LogP contribution in [0.1, 0.15) is 18.4 Å². The second-order valence-electron chi connectivity index (χ2n) is 4.42. The van der Waals surface area contributed by atoms with E-state index in [1.165, 1.54) is 5.56 Å². The molecule has 0 radical (unpaired) electrons. The summed E-state index contributed by atoms with van der Waals surface area (Å²) < 4.78 is 7.61. The lowest BCUT2D eigenvalue weighted by molar-refractivity contribution is 0.298. The summed E-state index contributed by atoms with van der Waals surface area (Å²) in [6.07, 6.45) is 6.97. The minimum Gasteiger partial charge on any atom is -0.494 e. The van der Waals surface area contributed by atoms with E-state index in [2.05, 4.69) is 11.3 Å². The molecule has 0 unspecified atom stereocenters. The first-order valence-corrected chi connectivity index (χ1v) is 7.17. The van der Waals surface area contributed by atoms with Gasteiger partial charge in [-0.1, -0.05) is 18.2 Å². The third kappa shape index (κ3) is 4.95. The second-order valence-corrected chi connectivity index (χ2v) is 4.80. The SMILES string of the molecule is ClCCCc1cnn(CCCOc2ccccc2)c1. The molecule has 0 aliphatic rings. The molecule has 1 aromatic heterocycles. The van der Waals surface area contributed by atoms with Crippen molar-refractivity contribution >= 4 is 11.6 Å². The van der Waals surface area contributed by atoms with Gasteiger partial charge in [-0.05, 0) is 30.5 Å². The Hall–Kier alpha value is -1.48. The first-order valence-electron chi connectivity index (χ1n) is 6.63. The molecule has 2 rings (SSSR count). The van der Waals surface area contributed by atoms with Gasteiger partial charge in [0.05, 0.1) is 12.8 Å². The van der Waals surface area contributed by atoms with Crippen molar-refractivity contribution in [3.63, 3.8) is 0 Å². The minimum atomic E-state index is 0.704. The quantitative estimate of drug-likeness (QED) is 0.546. The Kier molecular flexibility index (Phi) is 5.76. The predicted molar refractivity (Wildman–Crippen MR) is 77.8 cm³/mol. The molecule has 0 atom stereocenters. The lowest BCUT2D eigenvalue weighted by Gasteiger charge is -2.05. The molecule has 0 saturated carbocycles. The third-order valence-electron chi connectivity index (χ3n) is 2.83. The molecule has 0 aliphatic carbocycles. The van der Waals surface area contributed by atoms with Gasteiger partial charge >= 0.3 is 0 Å². The highest BCUT2D eigenvalue weighted by Gasteiger charge is 1.99. The Labute approximate surface area is 119 Å². The van der Waals surface area contributed by atoms with E-state index in [0.29, 0.717) is 12.5 Å². The highest BCUT2D eigenvalue weighted by Crippen LogP contribution is 2.09. The van der Waals surface area contributed by atoms with Gasteiger partial charge < -0.3 is 4.74 Å². The number of ether oxygens (including phenoxy) is 1. The second kappa shape index (κ2) is 7.85. The maximum atomic E-state index is 5.68. The summed E-state index contributed by atoms with van der Waals surface area (Å²) in [5.74, 6) is 1.63. The van der Waals surface area contributed by atoms with Gasteiger partial charge in [0.1, 0.15) is 5.75 Å². The lowest BCUT2D eigenvalue weighted by atomic mass is 10.2. The van der Waals surface area contributed by atoms with Gasteiger partial charge in [-0.25, -0.2) is 0 Å². The maximum absolute atomic E-state index is 5.68. The van der Waals surface area contributed by atoms with Gasteiger partial charge in [-0.15, -0.1) is 11.6 Å². The number of halogens is 1. The molecule has 1 heterocycles. The van der Waals surface area contributed by atoms with Crippen LogP contribution in [0.5, 0.6) is 5.75 Å². The van der Waals surface area contributed by atoms with Gasteiger partial charge in [-0.3, -0.25) is 4.68 Å². The number of alkyl halides is 1. The summed E-state index contributed by atoms with van der Waals surface area (Å²) in [7, 11) is 0. The molecule has 0 saturated heterocycles. The molecule has 19 heavy (non-hydrogen) atoms. The van der Waals surface area contributed by atoms with Crippen molar-refractivity contribution in [2.75, 3.05) is 12.5 Å². The van der Waals surface area contributed by atoms with E-state index < -0.39 is 0 Å². The van der Waals surface area contributed by atoms with E-state index in [1.807, 2.05) is 41.2 Å². The average molecular weight is 279 g/mol. The minimum absolute atomic E-state index is 0.704. The number of para-hydroxylation sites is 1. The zero-order valence-electron chi connectivity index (χ0n) is 11.0. The van der Waals surface area contributed by atoms with E-state index in [0.717, 1.165) is 31.6 Å². The summed E-state index contributed by atoms with van der Waals surface area (Å²) in [5.41, 5.74) is 1.25. The number of hydrogen-bond donors (Lipinski definition) is 0. The highest BCUT2D eigenvalue weighted by molar-refractivity contribution is 6.17. The van der Waals surface area contributed by atoms with E-state index in [4.69, 9.17) is 16.3 Å². The molecular formula is C15H19ClN2O. The number of aromatic nitrogens is 2. The van der Waals surface area contributed by atoms with Crippen LogP contribution in [0.15, 0.2) is 42.7 Å². The molecule has 0 spiro atoms. The van der Waals surface area contributed by atoms with Crippen molar-refractivity contribution < 1.29 is 4.74 Å². The zero-order chi connectivity index (χ0) is 13.3. The van der Waals surface area contributed by atoms with Crippen molar-refractivity contribution in [3.8, 4) is 5.75 Å². The monoisotopic (exact) mass is 278 g/mol. The third-order valence-corrected chi connectivity index (χ3v) is 3.10. The van der Waals surface area contributed by atoms with Crippen LogP contribution in [0.25, 0.3) is 0 Å². The number of benzene rings is 1. The van der Waals surface area contributed by atoms with Crippen LogP contribution in [0.3, 0.4) is 0 Å². The fraction of sp³-hybridized carbons (Fsp3) is 0.400. The molecule has 0 aliphatic heterocycles. The highest BCUT2D eigenvalue weighted by atomic mass is 35.5. The van der Waals surface area contributed by atoms with Crippen molar-refractivity contribution in [1.29, 1.82) is 0 Å². The summed E-state index contributed by atoms with van der Waals surface area (Å²) in [6.45, 7) is 1.59. The van der Waals surface area contributed by atoms with Crippen LogP contribution in [0.2, 0.25) is 0 Å². The van der Waals surface area contributed by atoms with E-state index in [1.54, 1.807) is 0 Å². The van der Waals surface area contributed by atoms with Gasteiger partial charge in [0, 0.05) is 25.0 Å². The predicted octanol–water partition coefficient (Wildman–Crippen LogP) is 3.52. The fourth-order valence-electron chi connectivity index (χ4n) is 1.86. The molecule has 0 bridgehead atoms. The van der Waals surface area contributed by atoms with Crippen molar-refractivity contribution in [3.05, 3.63) is 48.3 Å². The average Bonchev–Trinajstić information content (AvgIpc) is 2.90. The summed E-state index contributed by atoms with van der Waals surface area (Å²) in [6, 6.07) is 9.88. The molecule has 102 valence electrons. The molecule has 2 aromatic rings. The lowest BCUT2D eigenvalue weighted by Crippen LogP contribution is -2.04. The largest absolute Gasteiger partial charge is 0.494 e. The van der Waals surface area contributed by atoms with Crippen LogP contribution in [-0.4, -0.2) is 22.3 Å². The summed E-state index contributed by atoms with van der Waals surface area (Å²) in [5, 5.41) is 4.33. The Bertz CT molecular complexity index is 470. The topological polar surface area (TPSA) is 27.1 Å². The van der Waals surface area contributed by atoms with Crippen LogP contribution in [-0.2, 0) is 13.0 Å². The van der Waals surface area contributed by atoms with Crippen LogP contribution >= 0.6 is 11.6 Å². The number of rotatable bonds is 8. The van der Waals surface area contributed by atoms with E-state index in [-0.39, 0.29) is 0 Å². The van der Waals surface area contributed by atoms with Gasteiger partial charge in [0.25, 0.3) is 0 Å². The smallest absolute Gasteiger partial charge is 0.119 e. The van der Waals surface area contributed by atoms with Crippen molar-refractivity contribution in [2.45, 2.75) is 25.8 Å². The van der Waals surface area contributed by atoms with Gasteiger partial charge in [0.15, 0.2) is 0 Å². The molecule has 0 fully saturated rings. The van der Waals surface area contributed by atoms with Gasteiger partial charge in [0.2, 0.25) is 0 Å². The van der Waals surface area contributed by atoms with E-state index >= 15 is 0 Å². The molecular weight excluding hydrogens is 260 g/mol. The van der Waals surface area contributed by atoms with Gasteiger partial charge in [-0.2, -0.15) is 5.10 Å². The van der Waals surface area contributed by atoms with Crippen LogP contribution < -0.4 is 4.74 Å². The number of hydrogen-bond acceptors (Lipinski definition) is 2. The van der Waals surface area contributed by atoms with Crippen molar-refractivity contribution in [2.24, 2.45) is 0 Å². The Morgan fingerprint density at radius 1 is 1.16 bits per heavy atom. The Balaban J connectivity index is 1.66. The number of aryl methyl sites for hydroxylation is 2. The molecule has 0 amide bonds. The molecule has 1 aromatic carbocycles. The molecule has 0 N–H and O–H groups in total. The van der Waals surface area contributed by atoms with Crippen molar-refractivity contribution in [1.82, 2.24) is 9.78 Å². The summed E-state index contributed by atoms with van der Waals surface area (Å²) >= 11 is 5.68. The van der Waals surface area contributed by atoms with Crippen LogP contribution in [0, 0.1) is 0 Å². The fourth-order valence-corrected chi connectivity index (χ4v) is 2.00.